The Morgan fingerprint density at radius 1 is 1.46 bits per heavy atom. The van der Waals surface area contributed by atoms with Gasteiger partial charge in [0.15, 0.2) is 11.5 Å². The summed E-state index contributed by atoms with van der Waals surface area (Å²) in [6.07, 6.45) is -0.771. The average Bonchev–Trinajstić information content (AvgIpc) is 2.08. The smallest absolute Gasteiger partial charge is 0.163 e. The molecule has 1 aromatic carbocycles. The van der Waals surface area contributed by atoms with Gasteiger partial charge in [0.05, 0.1) is 13.2 Å². The molecule has 4 heteroatoms. The third-order valence-electron chi connectivity index (χ3n) is 1.74. The van der Waals surface area contributed by atoms with Crippen molar-refractivity contribution in [2.24, 2.45) is 0 Å². The number of aromatic hydroxyl groups is 1. The summed E-state index contributed by atoms with van der Waals surface area (Å²) >= 11 is 5.74. The van der Waals surface area contributed by atoms with E-state index in [1.807, 2.05) is 0 Å². The number of rotatable bonds is 2. The number of phenols is 1. The quantitative estimate of drug-likeness (QED) is 0.772. The summed E-state index contributed by atoms with van der Waals surface area (Å²) in [6, 6.07) is 2.99. The molecule has 13 heavy (non-hydrogen) atoms. The fourth-order valence-corrected chi connectivity index (χ4v) is 1.29. The summed E-state index contributed by atoms with van der Waals surface area (Å²) in [6.45, 7) is 1.55. The van der Waals surface area contributed by atoms with Gasteiger partial charge in [0.2, 0.25) is 0 Å². The van der Waals surface area contributed by atoms with Gasteiger partial charge < -0.3 is 14.9 Å². The molecule has 0 radical (unpaired) electrons. The zero-order chi connectivity index (χ0) is 10.0. The Morgan fingerprint density at radius 2 is 2.08 bits per heavy atom. The highest BCUT2D eigenvalue weighted by Crippen LogP contribution is 2.36. The number of hydrogen-bond acceptors (Lipinski definition) is 3. The zero-order valence-corrected chi connectivity index (χ0v) is 8.17. The van der Waals surface area contributed by atoms with Crippen molar-refractivity contribution in [3.63, 3.8) is 0 Å². The van der Waals surface area contributed by atoms with Crippen LogP contribution in [0, 0.1) is 0 Å². The van der Waals surface area contributed by atoms with Crippen LogP contribution in [-0.4, -0.2) is 17.3 Å². The first-order chi connectivity index (χ1) is 6.06. The molecular formula is C9H11ClO3. The van der Waals surface area contributed by atoms with E-state index in [9.17, 15) is 10.2 Å². The molecule has 0 unspecified atom stereocenters. The lowest BCUT2D eigenvalue weighted by Crippen LogP contribution is -1.94. The molecule has 0 aliphatic rings. The summed E-state index contributed by atoms with van der Waals surface area (Å²) < 4.78 is 4.87. The average molecular weight is 203 g/mol. The van der Waals surface area contributed by atoms with Gasteiger partial charge in [-0.2, -0.15) is 0 Å². The molecule has 0 amide bonds. The minimum atomic E-state index is -0.771. The highest BCUT2D eigenvalue weighted by molar-refractivity contribution is 6.30. The molecule has 1 atom stereocenters. The molecule has 1 aromatic rings. The van der Waals surface area contributed by atoms with E-state index in [0.29, 0.717) is 10.6 Å². The lowest BCUT2D eigenvalue weighted by Gasteiger charge is -2.11. The Labute approximate surface area is 81.5 Å². The lowest BCUT2D eigenvalue weighted by molar-refractivity contribution is 0.193. The lowest BCUT2D eigenvalue weighted by atomic mass is 10.1. The van der Waals surface area contributed by atoms with Crippen molar-refractivity contribution in [2.45, 2.75) is 13.0 Å². The van der Waals surface area contributed by atoms with E-state index in [-0.39, 0.29) is 11.5 Å². The molecule has 0 fully saturated rings. The molecule has 1 rings (SSSR count). The number of benzene rings is 1. The number of phenolic OH excluding ortho intramolecular Hbond substituents is 1. The fraction of sp³-hybridized carbons (Fsp3) is 0.333. The summed E-state index contributed by atoms with van der Waals surface area (Å²) in [5.41, 5.74) is 0.365. The first-order valence-corrected chi connectivity index (χ1v) is 4.18. The maximum Gasteiger partial charge on any atom is 0.163 e. The van der Waals surface area contributed by atoms with Crippen molar-refractivity contribution >= 4 is 11.6 Å². The van der Waals surface area contributed by atoms with Gasteiger partial charge in [-0.25, -0.2) is 0 Å². The number of halogens is 1. The van der Waals surface area contributed by atoms with Crippen LogP contribution in [0.25, 0.3) is 0 Å². The first kappa shape index (κ1) is 10.2. The number of aliphatic hydroxyl groups is 1. The molecule has 0 aliphatic heterocycles. The van der Waals surface area contributed by atoms with Crippen molar-refractivity contribution in [1.82, 2.24) is 0 Å². The topological polar surface area (TPSA) is 49.7 Å². The van der Waals surface area contributed by atoms with Crippen LogP contribution in [0.3, 0.4) is 0 Å². The van der Waals surface area contributed by atoms with Gasteiger partial charge >= 0.3 is 0 Å². The van der Waals surface area contributed by atoms with Crippen LogP contribution in [0.15, 0.2) is 12.1 Å². The van der Waals surface area contributed by atoms with E-state index in [1.54, 1.807) is 6.92 Å². The Bertz CT molecular complexity index is 310. The molecule has 3 nitrogen and oxygen atoms in total. The van der Waals surface area contributed by atoms with Crippen LogP contribution in [0.4, 0.5) is 0 Å². The largest absolute Gasteiger partial charge is 0.504 e. The van der Waals surface area contributed by atoms with Crippen molar-refractivity contribution in [3.05, 3.63) is 22.7 Å². The van der Waals surface area contributed by atoms with E-state index in [1.165, 1.54) is 19.2 Å². The molecule has 0 saturated heterocycles. The molecule has 0 heterocycles. The number of ether oxygens (including phenoxy) is 1. The zero-order valence-electron chi connectivity index (χ0n) is 7.41. The normalized spacial score (nSPS) is 12.6. The predicted octanol–water partition coefficient (Wildman–Crippen LogP) is 2.11. The summed E-state index contributed by atoms with van der Waals surface area (Å²) in [5, 5.41) is 19.2. The maximum absolute atomic E-state index is 9.54. The SMILES string of the molecule is COc1cc(Cl)cc([C@H](C)O)c1O. The summed E-state index contributed by atoms with van der Waals surface area (Å²) in [5.74, 6) is 0.199. The molecule has 0 spiro atoms. The van der Waals surface area contributed by atoms with Crippen LogP contribution >= 0.6 is 11.6 Å². The predicted molar refractivity (Wildman–Crippen MR) is 50.3 cm³/mol. The van der Waals surface area contributed by atoms with Gasteiger partial charge in [-0.1, -0.05) is 11.6 Å². The van der Waals surface area contributed by atoms with Crippen molar-refractivity contribution in [2.75, 3.05) is 7.11 Å². The molecule has 0 aliphatic carbocycles. The van der Waals surface area contributed by atoms with Crippen LogP contribution in [0.2, 0.25) is 5.02 Å². The third kappa shape index (κ3) is 2.05. The standard InChI is InChI=1S/C9H11ClO3/c1-5(11)7-3-6(10)4-8(13-2)9(7)12/h3-5,11-12H,1-2H3/t5-/m0/s1. The molecule has 0 saturated carbocycles. The monoisotopic (exact) mass is 202 g/mol. The second-order valence-electron chi connectivity index (χ2n) is 2.72. The number of methoxy groups -OCH3 is 1. The van der Waals surface area contributed by atoms with Gasteiger partial charge in [-0.05, 0) is 13.0 Å². The third-order valence-corrected chi connectivity index (χ3v) is 1.96. The second kappa shape index (κ2) is 3.85. The van der Waals surface area contributed by atoms with Crippen LogP contribution in [0.5, 0.6) is 11.5 Å². The number of aliphatic hydroxyl groups excluding tert-OH is 1. The van der Waals surface area contributed by atoms with E-state index in [0.717, 1.165) is 0 Å². The van der Waals surface area contributed by atoms with Gasteiger partial charge in [0, 0.05) is 16.7 Å². The minimum Gasteiger partial charge on any atom is -0.504 e. The molecule has 0 bridgehead atoms. The molecule has 0 aromatic heterocycles. The Hall–Kier alpha value is -0.930. The first-order valence-electron chi connectivity index (χ1n) is 3.80. The van der Waals surface area contributed by atoms with E-state index in [4.69, 9.17) is 16.3 Å². The maximum atomic E-state index is 9.54. The minimum absolute atomic E-state index is 0.0677. The van der Waals surface area contributed by atoms with Crippen LogP contribution < -0.4 is 4.74 Å². The Balaban J connectivity index is 3.27. The van der Waals surface area contributed by atoms with Crippen molar-refractivity contribution in [1.29, 1.82) is 0 Å². The van der Waals surface area contributed by atoms with Crippen molar-refractivity contribution < 1.29 is 14.9 Å². The van der Waals surface area contributed by atoms with Crippen LogP contribution in [0.1, 0.15) is 18.6 Å². The van der Waals surface area contributed by atoms with E-state index in [2.05, 4.69) is 0 Å². The van der Waals surface area contributed by atoms with E-state index >= 15 is 0 Å². The van der Waals surface area contributed by atoms with Gasteiger partial charge in [0.25, 0.3) is 0 Å². The van der Waals surface area contributed by atoms with Gasteiger partial charge in [-0.15, -0.1) is 0 Å². The van der Waals surface area contributed by atoms with E-state index < -0.39 is 6.10 Å². The van der Waals surface area contributed by atoms with Gasteiger partial charge in [0.1, 0.15) is 0 Å². The number of hydrogen-bond donors (Lipinski definition) is 2. The fourth-order valence-electron chi connectivity index (χ4n) is 1.07. The Morgan fingerprint density at radius 3 is 2.54 bits per heavy atom. The molecular weight excluding hydrogens is 192 g/mol. The van der Waals surface area contributed by atoms with Crippen molar-refractivity contribution in [3.8, 4) is 11.5 Å². The van der Waals surface area contributed by atoms with Gasteiger partial charge in [-0.3, -0.25) is 0 Å². The summed E-state index contributed by atoms with van der Waals surface area (Å²) in [4.78, 5) is 0. The molecule has 72 valence electrons. The Kier molecular flexibility index (Phi) is 3.01. The highest BCUT2D eigenvalue weighted by atomic mass is 35.5. The molecule has 2 N–H and O–H groups in total. The second-order valence-corrected chi connectivity index (χ2v) is 3.16. The highest BCUT2D eigenvalue weighted by Gasteiger charge is 2.13. The van der Waals surface area contributed by atoms with Crippen LogP contribution in [-0.2, 0) is 0 Å². The summed E-state index contributed by atoms with van der Waals surface area (Å²) in [7, 11) is 1.43.